The van der Waals surface area contributed by atoms with Crippen molar-refractivity contribution in [2.24, 2.45) is 5.92 Å². The zero-order valence-corrected chi connectivity index (χ0v) is 15.9. The number of benzene rings is 2. The number of nitrogens with zero attached hydrogens (tertiary/aromatic N) is 1. The van der Waals surface area contributed by atoms with Crippen molar-refractivity contribution in [2.75, 3.05) is 25.0 Å². The second-order valence-electron chi connectivity index (χ2n) is 7.03. The predicted octanol–water partition coefficient (Wildman–Crippen LogP) is 3.29. The lowest BCUT2D eigenvalue weighted by atomic mass is 9.92. The van der Waals surface area contributed by atoms with E-state index in [9.17, 15) is 18.7 Å². The Morgan fingerprint density at radius 3 is 2.62 bits per heavy atom. The standard InChI is InChI=1S/C21H25F2N3O3/c22-20(23)29-19-9-5-4-8-18(19)25-21(28)24-17-10-11-26(13-16(17)14-27)12-15-6-2-1-3-7-15/h1-9,16-17,20,27H,10-14H2,(H2,24,25,28)/t16-,17+/m1/s1. The Balaban J connectivity index is 1.55. The minimum absolute atomic E-state index is 0.0542. The van der Waals surface area contributed by atoms with Crippen molar-refractivity contribution in [1.82, 2.24) is 10.2 Å². The Kier molecular flexibility index (Phi) is 7.37. The van der Waals surface area contributed by atoms with Crippen LogP contribution in [0.15, 0.2) is 54.6 Å². The van der Waals surface area contributed by atoms with Crippen LogP contribution in [0.4, 0.5) is 19.3 Å². The number of piperidine rings is 1. The van der Waals surface area contributed by atoms with Crippen LogP contribution >= 0.6 is 0 Å². The molecule has 156 valence electrons. The number of likely N-dealkylation sites (tertiary alicyclic amines) is 1. The fourth-order valence-corrected chi connectivity index (χ4v) is 3.56. The first-order valence-electron chi connectivity index (χ1n) is 9.53. The Labute approximate surface area is 168 Å². The van der Waals surface area contributed by atoms with Crippen molar-refractivity contribution in [3.8, 4) is 5.75 Å². The molecule has 3 rings (SSSR count). The summed E-state index contributed by atoms with van der Waals surface area (Å²) in [7, 11) is 0. The molecule has 0 aromatic heterocycles. The molecule has 8 heteroatoms. The van der Waals surface area contributed by atoms with Gasteiger partial charge in [0.2, 0.25) is 0 Å². The third-order valence-electron chi connectivity index (χ3n) is 4.97. The summed E-state index contributed by atoms with van der Waals surface area (Å²) in [6.07, 6.45) is 0.681. The molecular formula is C21H25F2N3O3. The minimum atomic E-state index is -2.98. The van der Waals surface area contributed by atoms with E-state index in [1.165, 1.54) is 17.7 Å². The molecule has 1 saturated heterocycles. The lowest BCUT2D eigenvalue weighted by Gasteiger charge is -2.38. The zero-order valence-electron chi connectivity index (χ0n) is 15.9. The third kappa shape index (κ3) is 6.13. The average Bonchev–Trinajstić information content (AvgIpc) is 2.71. The molecule has 1 fully saturated rings. The summed E-state index contributed by atoms with van der Waals surface area (Å²) in [4.78, 5) is 14.6. The highest BCUT2D eigenvalue weighted by molar-refractivity contribution is 5.91. The number of amides is 2. The summed E-state index contributed by atoms with van der Waals surface area (Å²) in [6, 6.07) is 15.4. The van der Waals surface area contributed by atoms with Gasteiger partial charge >= 0.3 is 12.6 Å². The van der Waals surface area contributed by atoms with Crippen LogP contribution in [0.5, 0.6) is 5.75 Å². The third-order valence-corrected chi connectivity index (χ3v) is 4.97. The highest BCUT2D eigenvalue weighted by Crippen LogP contribution is 2.26. The first-order chi connectivity index (χ1) is 14.0. The molecule has 1 heterocycles. The summed E-state index contributed by atoms with van der Waals surface area (Å²) < 4.78 is 29.5. The Hall–Kier alpha value is -2.71. The fraction of sp³-hybridized carbons (Fsp3) is 0.381. The summed E-state index contributed by atoms with van der Waals surface area (Å²) in [6.45, 7) is -0.813. The molecule has 0 unspecified atom stereocenters. The Bertz CT molecular complexity index is 792. The van der Waals surface area contributed by atoms with E-state index in [1.807, 2.05) is 18.2 Å². The summed E-state index contributed by atoms with van der Waals surface area (Å²) >= 11 is 0. The highest BCUT2D eigenvalue weighted by Gasteiger charge is 2.30. The maximum Gasteiger partial charge on any atom is 0.387 e. The van der Waals surface area contributed by atoms with Crippen molar-refractivity contribution in [3.05, 3.63) is 60.2 Å². The number of rotatable bonds is 7. The van der Waals surface area contributed by atoms with Crippen molar-refractivity contribution in [2.45, 2.75) is 25.6 Å². The van der Waals surface area contributed by atoms with Gasteiger partial charge in [0.05, 0.1) is 5.69 Å². The number of halogens is 2. The molecule has 0 saturated carbocycles. The molecule has 2 aromatic rings. The molecule has 1 aliphatic heterocycles. The van der Waals surface area contributed by atoms with Crippen LogP contribution in [0.3, 0.4) is 0 Å². The van der Waals surface area contributed by atoms with Crippen LogP contribution in [0.1, 0.15) is 12.0 Å². The van der Waals surface area contributed by atoms with Gasteiger partial charge < -0.3 is 20.5 Å². The summed E-state index contributed by atoms with van der Waals surface area (Å²) in [5.41, 5.74) is 1.36. The van der Waals surface area contributed by atoms with Gasteiger partial charge in [0.25, 0.3) is 0 Å². The van der Waals surface area contributed by atoms with E-state index in [2.05, 4.69) is 32.4 Å². The Morgan fingerprint density at radius 1 is 1.17 bits per heavy atom. The van der Waals surface area contributed by atoms with Gasteiger partial charge in [-0.15, -0.1) is 0 Å². The van der Waals surface area contributed by atoms with Gasteiger partial charge in [0, 0.05) is 38.2 Å². The molecule has 6 nitrogen and oxygen atoms in total. The van der Waals surface area contributed by atoms with E-state index >= 15 is 0 Å². The van der Waals surface area contributed by atoms with Crippen LogP contribution in [0, 0.1) is 5.92 Å². The van der Waals surface area contributed by atoms with E-state index in [0.29, 0.717) is 13.0 Å². The molecule has 0 bridgehead atoms. The van der Waals surface area contributed by atoms with Gasteiger partial charge in [0.15, 0.2) is 0 Å². The Morgan fingerprint density at radius 2 is 1.90 bits per heavy atom. The quantitative estimate of drug-likeness (QED) is 0.661. The molecule has 0 spiro atoms. The first kappa shape index (κ1) is 21.0. The van der Waals surface area contributed by atoms with Crippen molar-refractivity contribution < 1.29 is 23.4 Å². The van der Waals surface area contributed by atoms with Crippen LogP contribution in [0.25, 0.3) is 0 Å². The van der Waals surface area contributed by atoms with Crippen LogP contribution in [-0.2, 0) is 6.54 Å². The van der Waals surface area contributed by atoms with Crippen LogP contribution < -0.4 is 15.4 Å². The number of carbonyl (C=O) groups is 1. The monoisotopic (exact) mass is 405 g/mol. The molecule has 0 radical (unpaired) electrons. The van der Waals surface area contributed by atoms with E-state index in [0.717, 1.165) is 13.1 Å². The fourth-order valence-electron chi connectivity index (χ4n) is 3.56. The second kappa shape index (κ2) is 10.2. The van der Waals surface area contributed by atoms with Gasteiger partial charge in [-0.05, 0) is 24.1 Å². The van der Waals surface area contributed by atoms with Crippen molar-refractivity contribution >= 4 is 11.7 Å². The van der Waals surface area contributed by atoms with E-state index in [1.54, 1.807) is 12.1 Å². The van der Waals surface area contributed by atoms with Gasteiger partial charge in [-0.1, -0.05) is 42.5 Å². The minimum Gasteiger partial charge on any atom is -0.433 e. The average molecular weight is 405 g/mol. The number of anilines is 1. The molecule has 2 aromatic carbocycles. The lowest BCUT2D eigenvalue weighted by molar-refractivity contribution is -0.0493. The van der Waals surface area contributed by atoms with E-state index < -0.39 is 12.6 Å². The smallest absolute Gasteiger partial charge is 0.387 e. The van der Waals surface area contributed by atoms with E-state index in [4.69, 9.17) is 0 Å². The maximum absolute atomic E-state index is 12.5. The molecule has 0 aliphatic carbocycles. The normalized spacial score (nSPS) is 19.7. The van der Waals surface area contributed by atoms with Gasteiger partial charge in [-0.25, -0.2) is 4.79 Å². The van der Waals surface area contributed by atoms with Gasteiger partial charge in [0.1, 0.15) is 5.75 Å². The largest absolute Gasteiger partial charge is 0.433 e. The molecule has 29 heavy (non-hydrogen) atoms. The number of urea groups is 1. The van der Waals surface area contributed by atoms with Crippen LogP contribution in [-0.4, -0.2) is 48.4 Å². The number of hydrogen-bond donors (Lipinski definition) is 3. The summed E-state index contributed by atoms with van der Waals surface area (Å²) in [5.74, 6) is -0.222. The predicted molar refractivity (Wildman–Crippen MR) is 106 cm³/mol. The molecule has 2 atom stereocenters. The lowest BCUT2D eigenvalue weighted by Crippen LogP contribution is -2.52. The molecule has 3 N–H and O–H groups in total. The number of hydrogen-bond acceptors (Lipinski definition) is 4. The SMILES string of the molecule is O=C(Nc1ccccc1OC(F)F)N[C@H]1CCN(Cc2ccccc2)C[C@@H]1CO. The number of nitrogens with one attached hydrogen (secondary N) is 2. The maximum atomic E-state index is 12.5. The highest BCUT2D eigenvalue weighted by atomic mass is 19.3. The number of alkyl halides is 2. The number of carbonyl (C=O) groups excluding carboxylic acids is 1. The van der Waals surface area contributed by atoms with Gasteiger partial charge in [-0.2, -0.15) is 8.78 Å². The number of ether oxygens (including phenoxy) is 1. The first-order valence-corrected chi connectivity index (χ1v) is 9.53. The summed E-state index contributed by atoms with van der Waals surface area (Å²) in [5, 5.41) is 15.2. The molecule has 2 amide bonds. The van der Waals surface area contributed by atoms with Crippen molar-refractivity contribution in [3.63, 3.8) is 0 Å². The van der Waals surface area contributed by atoms with E-state index in [-0.39, 0.29) is 30.0 Å². The van der Waals surface area contributed by atoms with Crippen molar-refractivity contribution in [1.29, 1.82) is 0 Å². The number of aliphatic hydroxyl groups is 1. The molecular weight excluding hydrogens is 380 g/mol. The van der Waals surface area contributed by atoms with Crippen LogP contribution in [0.2, 0.25) is 0 Å². The zero-order chi connectivity index (χ0) is 20.6. The topological polar surface area (TPSA) is 73.8 Å². The second-order valence-corrected chi connectivity index (χ2v) is 7.03. The number of para-hydroxylation sites is 2. The number of aliphatic hydroxyl groups excluding tert-OH is 1. The molecule has 1 aliphatic rings. The van der Waals surface area contributed by atoms with Gasteiger partial charge in [-0.3, -0.25) is 4.90 Å².